The minimum atomic E-state index is -4.92. The number of aromatic nitrogens is 4. The Morgan fingerprint density at radius 3 is 2.79 bits per heavy atom. The number of nitrogens with zero attached hydrogens (tertiary/aromatic N) is 5. The second-order valence-electron chi connectivity index (χ2n) is 5.60. The molecule has 1 saturated heterocycles. The standard InChI is InChI=1S/C15H15F3N8O2/c16-15(17,18)28-14-11(22-7-10-6-20-1-2-27-10)3-12(25-26-14)24-13-8-21-9(4-19)5-23-13/h3,5,8,10,20H,1-2,6-7H2,(H2,22,23,24,25)/t10-/m1/s1. The van der Waals surface area contributed by atoms with E-state index in [0.717, 1.165) is 6.54 Å². The molecule has 1 atom stereocenters. The van der Waals surface area contributed by atoms with Gasteiger partial charge in [-0.2, -0.15) is 5.26 Å². The summed E-state index contributed by atoms with van der Waals surface area (Å²) in [5, 5.41) is 24.6. The second-order valence-corrected chi connectivity index (χ2v) is 5.60. The van der Waals surface area contributed by atoms with Gasteiger partial charge in [0.05, 0.1) is 25.1 Å². The maximum atomic E-state index is 12.6. The van der Waals surface area contributed by atoms with E-state index in [1.54, 1.807) is 0 Å². The molecule has 1 aliphatic heterocycles. The van der Waals surface area contributed by atoms with Crippen molar-refractivity contribution in [3.63, 3.8) is 0 Å². The Kier molecular flexibility index (Phi) is 6.02. The zero-order valence-electron chi connectivity index (χ0n) is 14.3. The van der Waals surface area contributed by atoms with E-state index in [0.29, 0.717) is 13.2 Å². The van der Waals surface area contributed by atoms with E-state index >= 15 is 0 Å². The molecule has 3 rings (SSSR count). The van der Waals surface area contributed by atoms with E-state index < -0.39 is 12.2 Å². The molecular weight excluding hydrogens is 381 g/mol. The van der Waals surface area contributed by atoms with Gasteiger partial charge in [-0.1, -0.05) is 0 Å². The van der Waals surface area contributed by atoms with E-state index in [1.165, 1.54) is 18.5 Å². The first-order chi connectivity index (χ1) is 13.4. The molecule has 10 nitrogen and oxygen atoms in total. The number of morpholine rings is 1. The first-order valence-electron chi connectivity index (χ1n) is 8.12. The number of rotatable bonds is 6. The predicted molar refractivity (Wildman–Crippen MR) is 89.8 cm³/mol. The molecule has 3 N–H and O–H groups in total. The summed E-state index contributed by atoms with van der Waals surface area (Å²) in [6, 6.07) is 3.12. The lowest BCUT2D eigenvalue weighted by molar-refractivity contribution is -0.276. The van der Waals surface area contributed by atoms with Crippen LogP contribution in [0.1, 0.15) is 5.69 Å². The van der Waals surface area contributed by atoms with Crippen molar-refractivity contribution in [1.82, 2.24) is 25.5 Å². The van der Waals surface area contributed by atoms with E-state index in [4.69, 9.17) is 10.00 Å². The van der Waals surface area contributed by atoms with E-state index in [-0.39, 0.29) is 35.7 Å². The van der Waals surface area contributed by atoms with Gasteiger partial charge in [0, 0.05) is 25.7 Å². The van der Waals surface area contributed by atoms with Gasteiger partial charge in [0.2, 0.25) is 0 Å². The Labute approximate surface area is 157 Å². The summed E-state index contributed by atoms with van der Waals surface area (Å²) in [5.41, 5.74) is 0.0969. The fourth-order valence-corrected chi connectivity index (χ4v) is 2.31. The van der Waals surface area contributed by atoms with Crippen molar-refractivity contribution in [3.8, 4) is 11.9 Å². The highest BCUT2D eigenvalue weighted by molar-refractivity contribution is 5.61. The van der Waals surface area contributed by atoms with Crippen LogP contribution in [0.25, 0.3) is 0 Å². The first kappa shape index (κ1) is 19.5. The van der Waals surface area contributed by atoms with Crippen LogP contribution < -0.4 is 20.7 Å². The minimum Gasteiger partial charge on any atom is -0.384 e. The third kappa shape index (κ3) is 5.63. The summed E-state index contributed by atoms with van der Waals surface area (Å²) in [4.78, 5) is 7.78. The maximum Gasteiger partial charge on any atom is 0.574 e. The fraction of sp³-hybridized carbons (Fsp3) is 0.400. The van der Waals surface area contributed by atoms with Gasteiger partial charge in [-0.3, -0.25) is 0 Å². The summed E-state index contributed by atoms with van der Waals surface area (Å²) in [6.07, 6.45) is -2.61. The largest absolute Gasteiger partial charge is 0.574 e. The molecule has 0 bridgehead atoms. The number of alkyl halides is 3. The minimum absolute atomic E-state index is 0.0226. The second kappa shape index (κ2) is 8.63. The van der Waals surface area contributed by atoms with E-state index in [2.05, 4.69) is 40.9 Å². The highest BCUT2D eigenvalue weighted by atomic mass is 19.4. The predicted octanol–water partition coefficient (Wildman–Crippen LogP) is 1.18. The number of anilines is 3. The smallest absolute Gasteiger partial charge is 0.384 e. The van der Waals surface area contributed by atoms with Gasteiger partial charge in [-0.05, 0) is 0 Å². The van der Waals surface area contributed by atoms with Crippen molar-refractivity contribution in [1.29, 1.82) is 5.26 Å². The van der Waals surface area contributed by atoms with Gasteiger partial charge in [-0.25, -0.2) is 9.97 Å². The molecule has 0 radical (unpaired) electrons. The Morgan fingerprint density at radius 2 is 2.14 bits per heavy atom. The van der Waals surface area contributed by atoms with Crippen molar-refractivity contribution >= 4 is 17.3 Å². The zero-order valence-corrected chi connectivity index (χ0v) is 14.3. The van der Waals surface area contributed by atoms with Gasteiger partial charge < -0.3 is 25.4 Å². The number of nitrogens with one attached hydrogen (secondary N) is 3. The Morgan fingerprint density at radius 1 is 1.29 bits per heavy atom. The average molecular weight is 396 g/mol. The molecule has 28 heavy (non-hydrogen) atoms. The number of halogens is 3. The lowest BCUT2D eigenvalue weighted by Gasteiger charge is -2.24. The molecule has 0 aromatic carbocycles. The Balaban J connectivity index is 1.76. The molecule has 3 heterocycles. The molecule has 148 valence electrons. The molecule has 1 fully saturated rings. The lowest BCUT2D eigenvalue weighted by atomic mass is 10.3. The topological polar surface area (TPSA) is 130 Å². The quantitative estimate of drug-likeness (QED) is 0.654. The van der Waals surface area contributed by atoms with Gasteiger partial charge >= 0.3 is 6.36 Å². The van der Waals surface area contributed by atoms with Crippen LogP contribution in [-0.2, 0) is 4.74 Å². The molecule has 13 heteroatoms. The Bertz CT molecular complexity index is 835. The molecule has 0 spiro atoms. The number of ether oxygens (including phenoxy) is 2. The molecule has 0 unspecified atom stereocenters. The van der Waals surface area contributed by atoms with E-state index in [1.807, 2.05) is 6.07 Å². The van der Waals surface area contributed by atoms with Crippen LogP contribution in [0.5, 0.6) is 5.88 Å². The van der Waals surface area contributed by atoms with Gasteiger partial charge in [0.1, 0.15) is 17.6 Å². The highest BCUT2D eigenvalue weighted by Gasteiger charge is 2.33. The molecule has 0 aliphatic carbocycles. The Hall–Kier alpha value is -3.24. The molecule has 2 aromatic heterocycles. The van der Waals surface area contributed by atoms with E-state index in [9.17, 15) is 13.2 Å². The van der Waals surface area contributed by atoms with Crippen molar-refractivity contribution in [2.45, 2.75) is 12.5 Å². The summed E-state index contributed by atoms with van der Waals surface area (Å²) >= 11 is 0. The van der Waals surface area contributed by atoms with Crippen LogP contribution in [0.4, 0.5) is 30.5 Å². The molecule has 0 saturated carbocycles. The van der Waals surface area contributed by atoms with Gasteiger partial charge in [-0.15, -0.1) is 23.4 Å². The maximum absolute atomic E-state index is 12.6. The fourth-order valence-electron chi connectivity index (χ4n) is 2.31. The van der Waals surface area contributed by atoms with Crippen molar-refractivity contribution in [2.75, 3.05) is 36.9 Å². The summed E-state index contributed by atoms with van der Waals surface area (Å²) in [7, 11) is 0. The normalized spacial score (nSPS) is 16.9. The molecule has 0 amide bonds. The van der Waals surface area contributed by atoms with Crippen molar-refractivity contribution < 1.29 is 22.6 Å². The highest BCUT2D eigenvalue weighted by Crippen LogP contribution is 2.29. The average Bonchev–Trinajstić information content (AvgIpc) is 2.68. The first-order valence-corrected chi connectivity index (χ1v) is 8.12. The van der Waals surface area contributed by atoms with Crippen LogP contribution in [0, 0.1) is 11.3 Å². The number of hydrogen-bond acceptors (Lipinski definition) is 10. The van der Waals surface area contributed by atoms with Crippen LogP contribution >= 0.6 is 0 Å². The number of nitriles is 1. The summed E-state index contributed by atoms with van der Waals surface area (Å²) in [6.45, 7) is 2.03. The van der Waals surface area contributed by atoms with Crippen LogP contribution in [0.2, 0.25) is 0 Å². The van der Waals surface area contributed by atoms with Crippen LogP contribution in [0.15, 0.2) is 18.5 Å². The summed E-state index contributed by atoms with van der Waals surface area (Å²) < 4.78 is 47.3. The third-order valence-electron chi connectivity index (χ3n) is 3.52. The zero-order chi connectivity index (χ0) is 20.0. The van der Waals surface area contributed by atoms with Crippen molar-refractivity contribution in [2.24, 2.45) is 0 Å². The van der Waals surface area contributed by atoms with Gasteiger partial charge in [0.15, 0.2) is 11.5 Å². The SMILES string of the molecule is N#Cc1cnc(Nc2cc(NC[C@H]3CNCCO3)c(OC(F)(F)F)nn2)cn1. The lowest BCUT2D eigenvalue weighted by Crippen LogP contribution is -2.42. The van der Waals surface area contributed by atoms with Gasteiger partial charge in [0.25, 0.3) is 5.88 Å². The van der Waals surface area contributed by atoms with Crippen LogP contribution in [-0.4, -0.2) is 58.9 Å². The monoisotopic (exact) mass is 396 g/mol. The summed E-state index contributed by atoms with van der Waals surface area (Å²) in [5.74, 6) is -0.366. The molecule has 1 aliphatic rings. The van der Waals surface area contributed by atoms with Crippen LogP contribution in [0.3, 0.4) is 0 Å². The molecular formula is C15H15F3N8O2. The number of hydrogen-bond donors (Lipinski definition) is 3. The third-order valence-corrected chi connectivity index (χ3v) is 3.52. The molecule has 2 aromatic rings. The van der Waals surface area contributed by atoms with Crippen molar-refractivity contribution in [3.05, 3.63) is 24.2 Å².